The molecule has 0 unspecified atom stereocenters. The highest BCUT2D eigenvalue weighted by atomic mass is 16.5. The van der Waals surface area contributed by atoms with E-state index in [0.29, 0.717) is 6.04 Å². The molecule has 3 heteroatoms. The summed E-state index contributed by atoms with van der Waals surface area (Å²) in [4.78, 5) is 0. The molecule has 11 heavy (non-hydrogen) atoms. The molecule has 0 spiro atoms. The van der Waals surface area contributed by atoms with Gasteiger partial charge in [-0.1, -0.05) is 6.42 Å². The molecule has 0 amide bonds. The van der Waals surface area contributed by atoms with Crippen molar-refractivity contribution in [2.24, 2.45) is 5.73 Å². The van der Waals surface area contributed by atoms with E-state index >= 15 is 0 Å². The predicted octanol–water partition coefficient (Wildman–Crippen LogP) is 0.104. The van der Waals surface area contributed by atoms with Crippen LogP contribution >= 0.6 is 0 Å². The zero-order valence-corrected chi connectivity index (χ0v) is 7.01. The Bertz CT molecular complexity index is 78.6. The minimum atomic E-state index is 0.565. The van der Waals surface area contributed by atoms with Gasteiger partial charge in [-0.3, -0.25) is 0 Å². The normalized spacial score (nSPS) is 24.8. The number of rotatable bonds is 0. The summed E-state index contributed by atoms with van der Waals surface area (Å²) < 4.78 is 5.01. The van der Waals surface area contributed by atoms with Gasteiger partial charge in [0.05, 0.1) is 13.2 Å². The summed E-state index contributed by atoms with van der Waals surface area (Å²) in [6.45, 7) is 3.83. The molecule has 3 N–H and O–H groups in total. The van der Waals surface area contributed by atoms with E-state index in [-0.39, 0.29) is 0 Å². The van der Waals surface area contributed by atoms with Gasteiger partial charge in [0.1, 0.15) is 0 Å². The predicted molar refractivity (Wildman–Crippen MR) is 45.5 cm³/mol. The molecule has 0 bridgehead atoms. The maximum atomic E-state index is 5.38. The molecule has 66 valence electrons. The Hall–Kier alpha value is -0.120. The Balaban J connectivity index is 0.000000112. The minimum absolute atomic E-state index is 0.565. The maximum absolute atomic E-state index is 5.38. The van der Waals surface area contributed by atoms with Crippen LogP contribution in [-0.2, 0) is 4.74 Å². The molecule has 1 aliphatic heterocycles. The van der Waals surface area contributed by atoms with Crippen molar-refractivity contribution >= 4 is 0 Å². The van der Waals surface area contributed by atoms with Crippen molar-refractivity contribution in [3.05, 3.63) is 0 Å². The lowest BCUT2D eigenvalue weighted by atomic mass is 9.95. The molecule has 1 aliphatic carbocycles. The van der Waals surface area contributed by atoms with Crippen LogP contribution in [0.2, 0.25) is 0 Å². The molecule has 1 heterocycles. The number of ether oxygens (including phenoxy) is 1. The summed E-state index contributed by atoms with van der Waals surface area (Å²) in [6, 6.07) is 0.565. The summed E-state index contributed by atoms with van der Waals surface area (Å²) in [5, 5.41) is 3.16. The average Bonchev–Trinajstić information content (AvgIpc) is 2.05. The number of morpholine rings is 1. The summed E-state index contributed by atoms with van der Waals surface area (Å²) in [5.74, 6) is 0. The monoisotopic (exact) mass is 158 g/mol. The summed E-state index contributed by atoms with van der Waals surface area (Å²) in [5.41, 5.74) is 5.38. The van der Waals surface area contributed by atoms with Crippen LogP contribution in [0.5, 0.6) is 0 Å². The summed E-state index contributed by atoms with van der Waals surface area (Å²) >= 11 is 0. The van der Waals surface area contributed by atoms with E-state index in [2.05, 4.69) is 5.32 Å². The Morgan fingerprint density at radius 1 is 1.18 bits per heavy atom. The first-order chi connectivity index (χ1) is 5.39. The lowest BCUT2D eigenvalue weighted by molar-refractivity contribution is 0.109. The molecular weight excluding hydrogens is 140 g/mol. The van der Waals surface area contributed by atoms with Crippen LogP contribution in [0.4, 0.5) is 0 Å². The first kappa shape index (κ1) is 8.97. The molecule has 0 aromatic carbocycles. The van der Waals surface area contributed by atoms with Gasteiger partial charge in [0, 0.05) is 19.1 Å². The van der Waals surface area contributed by atoms with Crippen LogP contribution in [0.1, 0.15) is 19.3 Å². The maximum Gasteiger partial charge on any atom is 0.0591 e. The molecule has 0 aromatic heterocycles. The third kappa shape index (κ3) is 4.35. The molecule has 0 radical (unpaired) electrons. The zero-order valence-electron chi connectivity index (χ0n) is 7.01. The largest absolute Gasteiger partial charge is 0.379 e. The van der Waals surface area contributed by atoms with Crippen molar-refractivity contribution in [1.82, 2.24) is 5.32 Å². The lowest BCUT2D eigenvalue weighted by Crippen LogP contribution is -2.30. The zero-order chi connectivity index (χ0) is 7.94. The number of hydrogen-bond acceptors (Lipinski definition) is 3. The topological polar surface area (TPSA) is 47.3 Å². The van der Waals surface area contributed by atoms with Crippen molar-refractivity contribution in [3.8, 4) is 0 Å². The van der Waals surface area contributed by atoms with Crippen LogP contribution in [0, 0.1) is 0 Å². The average molecular weight is 158 g/mol. The van der Waals surface area contributed by atoms with Crippen molar-refractivity contribution in [1.29, 1.82) is 0 Å². The number of nitrogens with two attached hydrogens (primary N) is 1. The first-order valence-corrected chi connectivity index (χ1v) is 4.43. The second-order valence-electron chi connectivity index (χ2n) is 3.05. The third-order valence-corrected chi connectivity index (χ3v) is 2.00. The van der Waals surface area contributed by atoms with Crippen molar-refractivity contribution in [2.45, 2.75) is 25.3 Å². The highest BCUT2D eigenvalue weighted by Crippen LogP contribution is 2.14. The fraction of sp³-hybridized carbons (Fsp3) is 1.00. The highest BCUT2D eigenvalue weighted by Gasteiger charge is 2.09. The smallest absolute Gasteiger partial charge is 0.0591 e. The van der Waals surface area contributed by atoms with E-state index in [1.54, 1.807) is 0 Å². The van der Waals surface area contributed by atoms with Crippen LogP contribution < -0.4 is 11.1 Å². The van der Waals surface area contributed by atoms with Gasteiger partial charge in [-0.2, -0.15) is 0 Å². The van der Waals surface area contributed by atoms with Gasteiger partial charge >= 0.3 is 0 Å². The molecule has 2 aliphatic rings. The Kier molecular flexibility index (Phi) is 4.50. The first-order valence-electron chi connectivity index (χ1n) is 4.43. The second kappa shape index (κ2) is 5.52. The van der Waals surface area contributed by atoms with Crippen molar-refractivity contribution in [3.63, 3.8) is 0 Å². The number of nitrogens with one attached hydrogen (secondary N) is 1. The van der Waals surface area contributed by atoms with Gasteiger partial charge in [-0.15, -0.1) is 0 Å². The van der Waals surface area contributed by atoms with Gasteiger partial charge in [0.25, 0.3) is 0 Å². The van der Waals surface area contributed by atoms with Gasteiger partial charge in [0.2, 0.25) is 0 Å². The molecule has 0 aromatic rings. The van der Waals surface area contributed by atoms with E-state index in [1.807, 2.05) is 0 Å². The van der Waals surface area contributed by atoms with E-state index < -0.39 is 0 Å². The van der Waals surface area contributed by atoms with Crippen molar-refractivity contribution in [2.75, 3.05) is 26.3 Å². The molecular formula is C8H18N2O. The van der Waals surface area contributed by atoms with Crippen LogP contribution in [-0.4, -0.2) is 32.3 Å². The Labute approximate surface area is 68.3 Å². The number of hydrogen-bond donors (Lipinski definition) is 2. The standard InChI is InChI=1S/C4H9NO.C4H9N/c1-3-6-4-2-5-1;5-4-2-1-3-4/h5H,1-4H2;4H,1-3,5H2. The van der Waals surface area contributed by atoms with Gasteiger partial charge in [0.15, 0.2) is 0 Å². The molecule has 2 fully saturated rings. The van der Waals surface area contributed by atoms with E-state index in [1.165, 1.54) is 19.3 Å². The fourth-order valence-electron chi connectivity index (χ4n) is 0.956. The molecule has 3 nitrogen and oxygen atoms in total. The van der Waals surface area contributed by atoms with E-state index in [9.17, 15) is 0 Å². The third-order valence-electron chi connectivity index (χ3n) is 2.00. The molecule has 2 rings (SSSR count). The van der Waals surface area contributed by atoms with Gasteiger partial charge < -0.3 is 15.8 Å². The minimum Gasteiger partial charge on any atom is -0.379 e. The summed E-state index contributed by atoms with van der Waals surface area (Å²) in [6.07, 6.45) is 3.89. The Morgan fingerprint density at radius 3 is 1.82 bits per heavy atom. The van der Waals surface area contributed by atoms with E-state index in [0.717, 1.165) is 26.3 Å². The molecule has 1 saturated carbocycles. The van der Waals surface area contributed by atoms with E-state index in [4.69, 9.17) is 10.5 Å². The van der Waals surface area contributed by atoms with Crippen LogP contribution in [0.3, 0.4) is 0 Å². The van der Waals surface area contributed by atoms with Crippen molar-refractivity contribution < 1.29 is 4.74 Å². The van der Waals surface area contributed by atoms with Crippen LogP contribution in [0.25, 0.3) is 0 Å². The fourth-order valence-corrected chi connectivity index (χ4v) is 0.956. The van der Waals surface area contributed by atoms with Gasteiger partial charge in [-0.05, 0) is 12.8 Å². The quantitative estimate of drug-likeness (QED) is 0.526. The molecule has 0 atom stereocenters. The lowest BCUT2D eigenvalue weighted by Gasteiger charge is -2.18. The molecule has 1 saturated heterocycles. The second-order valence-corrected chi connectivity index (χ2v) is 3.05. The Morgan fingerprint density at radius 2 is 1.73 bits per heavy atom. The SMILES string of the molecule is C1COCCN1.NC1CCC1. The summed E-state index contributed by atoms with van der Waals surface area (Å²) in [7, 11) is 0. The van der Waals surface area contributed by atoms with Crippen LogP contribution in [0.15, 0.2) is 0 Å². The highest BCUT2D eigenvalue weighted by molar-refractivity contribution is 4.70. The van der Waals surface area contributed by atoms with Gasteiger partial charge in [-0.25, -0.2) is 0 Å².